The second-order valence-corrected chi connectivity index (χ2v) is 6.27. The van der Waals surface area contributed by atoms with Crippen molar-refractivity contribution in [3.05, 3.63) is 22.1 Å². The van der Waals surface area contributed by atoms with Gasteiger partial charge in [0.2, 0.25) is 0 Å². The lowest BCUT2D eigenvalue weighted by atomic mass is 10.2. The van der Waals surface area contributed by atoms with Gasteiger partial charge >= 0.3 is 0 Å². The van der Waals surface area contributed by atoms with E-state index in [1.54, 1.807) is 17.8 Å². The molecule has 19 heavy (non-hydrogen) atoms. The Kier molecular flexibility index (Phi) is 5.45. The maximum atomic E-state index is 11.6. The van der Waals surface area contributed by atoms with Crippen molar-refractivity contribution >= 4 is 11.8 Å². The van der Waals surface area contributed by atoms with Crippen molar-refractivity contribution in [1.82, 2.24) is 15.3 Å². The number of aryl methyl sites for hydroxylation is 1. The first-order chi connectivity index (χ1) is 9.22. The minimum atomic E-state index is -0.0288. The standard InChI is InChI=1S/C14H23N3OS/c1-3-6-10-9-13(18)17-14(16-10)19-12-8-5-7-11(12)15-4-2/h9,11-12,15H,3-8H2,1-2H3,(H,16,17,18). The summed E-state index contributed by atoms with van der Waals surface area (Å²) in [6.45, 7) is 5.25. The summed E-state index contributed by atoms with van der Waals surface area (Å²) in [4.78, 5) is 19.1. The number of aromatic nitrogens is 2. The van der Waals surface area contributed by atoms with Gasteiger partial charge in [0.05, 0.1) is 0 Å². The molecular weight excluding hydrogens is 258 g/mol. The molecule has 0 aromatic carbocycles. The van der Waals surface area contributed by atoms with Crippen LogP contribution < -0.4 is 10.9 Å². The lowest BCUT2D eigenvalue weighted by Crippen LogP contribution is -2.34. The van der Waals surface area contributed by atoms with E-state index in [0.29, 0.717) is 11.3 Å². The van der Waals surface area contributed by atoms with Crippen molar-refractivity contribution in [2.75, 3.05) is 6.54 Å². The summed E-state index contributed by atoms with van der Waals surface area (Å²) in [6.07, 6.45) is 5.57. The first-order valence-electron chi connectivity index (χ1n) is 7.23. The monoisotopic (exact) mass is 281 g/mol. The van der Waals surface area contributed by atoms with Crippen LogP contribution in [0, 0.1) is 0 Å². The van der Waals surface area contributed by atoms with E-state index in [2.05, 4.69) is 29.1 Å². The van der Waals surface area contributed by atoms with Gasteiger partial charge in [0.25, 0.3) is 5.56 Å². The van der Waals surface area contributed by atoms with E-state index in [9.17, 15) is 4.79 Å². The molecule has 1 heterocycles. The number of nitrogens with one attached hydrogen (secondary N) is 2. The highest BCUT2D eigenvalue weighted by molar-refractivity contribution is 7.99. The van der Waals surface area contributed by atoms with E-state index in [1.165, 1.54) is 19.3 Å². The molecule has 2 rings (SSSR count). The van der Waals surface area contributed by atoms with Crippen LogP contribution in [-0.4, -0.2) is 27.8 Å². The second-order valence-electron chi connectivity index (χ2n) is 5.04. The van der Waals surface area contributed by atoms with Crippen LogP contribution in [0.2, 0.25) is 0 Å². The molecule has 1 aliphatic rings. The molecule has 0 spiro atoms. The minimum Gasteiger partial charge on any atom is -0.313 e. The first-order valence-corrected chi connectivity index (χ1v) is 8.11. The van der Waals surface area contributed by atoms with Gasteiger partial charge in [-0.25, -0.2) is 4.98 Å². The number of aromatic amines is 1. The SMILES string of the molecule is CCCc1cc(=O)[nH]c(SC2CCCC2NCC)n1. The Balaban J connectivity index is 2.07. The van der Waals surface area contributed by atoms with Crippen LogP contribution in [0.15, 0.2) is 16.0 Å². The predicted molar refractivity (Wildman–Crippen MR) is 79.8 cm³/mol. The van der Waals surface area contributed by atoms with E-state index in [4.69, 9.17) is 0 Å². The van der Waals surface area contributed by atoms with E-state index in [0.717, 1.165) is 30.2 Å². The van der Waals surface area contributed by atoms with Gasteiger partial charge in [0, 0.05) is 23.1 Å². The van der Waals surface area contributed by atoms with Crippen molar-refractivity contribution < 1.29 is 0 Å². The summed E-state index contributed by atoms with van der Waals surface area (Å²) >= 11 is 1.72. The fraction of sp³-hybridized carbons (Fsp3) is 0.714. The lowest BCUT2D eigenvalue weighted by Gasteiger charge is -2.19. The van der Waals surface area contributed by atoms with E-state index >= 15 is 0 Å². The smallest absolute Gasteiger partial charge is 0.251 e. The molecule has 0 bridgehead atoms. The summed E-state index contributed by atoms with van der Waals surface area (Å²) in [5.41, 5.74) is 0.880. The zero-order valence-corrected chi connectivity index (χ0v) is 12.6. The number of H-pyrrole nitrogens is 1. The van der Waals surface area contributed by atoms with Crippen LogP contribution in [0.4, 0.5) is 0 Å². The number of hydrogen-bond acceptors (Lipinski definition) is 4. The zero-order chi connectivity index (χ0) is 13.7. The summed E-state index contributed by atoms with van der Waals surface area (Å²) < 4.78 is 0. The number of rotatable bonds is 6. The van der Waals surface area contributed by atoms with Gasteiger partial charge < -0.3 is 10.3 Å². The molecule has 2 unspecified atom stereocenters. The number of hydrogen-bond donors (Lipinski definition) is 2. The van der Waals surface area contributed by atoms with Crippen molar-refractivity contribution in [3.8, 4) is 0 Å². The highest BCUT2D eigenvalue weighted by Crippen LogP contribution is 2.33. The molecule has 4 nitrogen and oxygen atoms in total. The Hall–Kier alpha value is -0.810. The number of thioether (sulfide) groups is 1. The zero-order valence-electron chi connectivity index (χ0n) is 11.7. The van der Waals surface area contributed by atoms with Crippen LogP contribution >= 0.6 is 11.8 Å². The Labute approximate surface area is 118 Å². The predicted octanol–water partition coefficient (Wildman–Crippen LogP) is 2.35. The van der Waals surface area contributed by atoms with Gasteiger partial charge in [0.15, 0.2) is 5.16 Å². The normalized spacial score (nSPS) is 22.8. The molecule has 0 radical (unpaired) electrons. The summed E-state index contributed by atoms with van der Waals surface area (Å²) in [5, 5.41) is 4.84. The molecule has 0 saturated heterocycles. The summed E-state index contributed by atoms with van der Waals surface area (Å²) in [6, 6.07) is 2.17. The Morgan fingerprint density at radius 3 is 3.05 bits per heavy atom. The average molecular weight is 281 g/mol. The fourth-order valence-electron chi connectivity index (χ4n) is 2.63. The highest BCUT2D eigenvalue weighted by atomic mass is 32.2. The van der Waals surface area contributed by atoms with Crippen molar-refractivity contribution in [2.24, 2.45) is 0 Å². The fourth-order valence-corrected chi connectivity index (χ4v) is 3.93. The molecule has 1 saturated carbocycles. The van der Waals surface area contributed by atoms with Gasteiger partial charge in [-0.05, 0) is 25.8 Å². The van der Waals surface area contributed by atoms with Crippen LogP contribution in [0.3, 0.4) is 0 Å². The molecule has 5 heteroatoms. The lowest BCUT2D eigenvalue weighted by molar-refractivity contribution is 0.550. The third kappa shape index (κ3) is 4.08. The molecule has 1 aromatic heterocycles. The van der Waals surface area contributed by atoms with Gasteiger partial charge in [0.1, 0.15) is 0 Å². The molecule has 0 amide bonds. The number of nitrogens with zero attached hydrogens (tertiary/aromatic N) is 1. The minimum absolute atomic E-state index is 0.0288. The molecular formula is C14H23N3OS. The molecule has 106 valence electrons. The van der Waals surface area contributed by atoms with Crippen molar-refractivity contribution in [3.63, 3.8) is 0 Å². The van der Waals surface area contributed by atoms with Gasteiger partial charge in [-0.1, -0.05) is 38.5 Å². The molecule has 1 aromatic rings. The van der Waals surface area contributed by atoms with Gasteiger partial charge in [-0.2, -0.15) is 0 Å². The molecule has 2 atom stereocenters. The summed E-state index contributed by atoms with van der Waals surface area (Å²) in [7, 11) is 0. The molecule has 1 aliphatic carbocycles. The van der Waals surface area contributed by atoms with E-state index in [-0.39, 0.29) is 5.56 Å². The third-order valence-electron chi connectivity index (χ3n) is 3.46. The van der Waals surface area contributed by atoms with Crippen LogP contribution in [0.1, 0.15) is 45.2 Å². The van der Waals surface area contributed by atoms with E-state index < -0.39 is 0 Å². The maximum absolute atomic E-state index is 11.6. The first kappa shape index (κ1) is 14.6. The van der Waals surface area contributed by atoms with Crippen molar-refractivity contribution in [1.29, 1.82) is 0 Å². The maximum Gasteiger partial charge on any atom is 0.251 e. The topological polar surface area (TPSA) is 57.8 Å². The molecule has 2 N–H and O–H groups in total. The third-order valence-corrected chi connectivity index (χ3v) is 4.74. The Morgan fingerprint density at radius 1 is 1.47 bits per heavy atom. The molecule has 1 fully saturated rings. The van der Waals surface area contributed by atoms with E-state index in [1.807, 2.05) is 0 Å². The average Bonchev–Trinajstić information content (AvgIpc) is 2.77. The van der Waals surface area contributed by atoms with Gasteiger partial charge in [-0.3, -0.25) is 4.79 Å². The van der Waals surface area contributed by atoms with Crippen molar-refractivity contribution in [2.45, 2.75) is 62.4 Å². The largest absolute Gasteiger partial charge is 0.313 e. The van der Waals surface area contributed by atoms with Gasteiger partial charge in [-0.15, -0.1) is 0 Å². The quantitative estimate of drug-likeness (QED) is 0.786. The second kappa shape index (κ2) is 7.10. The molecule has 0 aliphatic heterocycles. The highest BCUT2D eigenvalue weighted by Gasteiger charge is 2.28. The van der Waals surface area contributed by atoms with Crippen LogP contribution in [-0.2, 0) is 6.42 Å². The Morgan fingerprint density at radius 2 is 2.32 bits per heavy atom. The summed E-state index contributed by atoms with van der Waals surface area (Å²) in [5.74, 6) is 0. The van der Waals surface area contributed by atoms with Crippen LogP contribution in [0.25, 0.3) is 0 Å². The van der Waals surface area contributed by atoms with Crippen LogP contribution in [0.5, 0.6) is 0 Å². The Bertz CT molecular complexity index is 460.